The molecule has 8 nitrogen and oxygen atoms in total. The van der Waals surface area contributed by atoms with Gasteiger partial charge in [0.25, 0.3) is 5.78 Å². The van der Waals surface area contributed by atoms with Gasteiger partial charge in [-0.05, 0) is 31.2 Å². The number of nitrogens with one attached hydrogen (secondary N) is 2. The summed E-state index contributed by atoms with van der Waals surface area (Å²) in [6.45, 7) is 2.31. The predicted molar refractivity (Wildman–Crippen MR) is 84.6 cm³/mol. The van der Waals surface area contributed by atoms with Gasteiger partial charge >= 0.3 is 0 Å². The fraction of sp³-hybridized carbons (Fsp3) is 0.133. The first-order chi connectivity index (χ1) is 11.7. The molecule has 4 rings (SSSR count). The van der Waals surface area contributed by atoms with Crippen molar-refractivity contribution in [2.45, 2.75) is 13.5 Å². The van der Waals surface area contributed by atoms with E-state index >= 15 is 0 Å². The lowest BCUT2D eigenvalue weighted by atomic mass is 10.2. The summed E-state index contributed by atoms with van der Waals surface area (Å²) in [5, 5.41) is 14.4. The molecule has 0 unspecified atom stereocenters. The zero-order chi connectivity index (χ0) is 16.5. The molecule has 0 saturated carbocycles. The molecule has 0 fully saturated rings. The zero-order valence-corrected chi connectivity index (χ0v) is 12.7. The van der Waals surface area contributed by atoms with Crippen molar-refractivity contribution in [1.82, 2.24) is 34.8 Å². The predicted octanol–water partition coefficient (Wildman–Crippen LogP) is 1.97. The van der Waals surface area contributed by atoms with Crippen LogP contribution < -0.4 is 5.32 Å². The Morgan fingerprint density at radius 2 is 2.04 bits per heavy atom. The van der Waals surface area contributed by atoms with E-state index in [0.717, 1.165) is 17.1 Å². The molecule has 0 bridgehead atoms. The molecule has 0 aliphatic heterocycles. The van der Waals surface area contributed by atoms with Crippen LogP contribution >= 0.6 is 0 Å². The van der Waals surface area contributed by atoms with Crippen molar-refractivity contribution >= 4 is 11.6 Å². The summed E-state index contributed by atoms with van der Waals surface area (Å²) < 4.78 is 14.6. The van der Waals surface area contributed by atoms with Gasteiger partial charge in [-0.25, -0.2) is 14.4 Å². The van der Waals surface area contributed by atoms with Crippen molar-refractivity contribution < 1.29 is 4.39 Å². The highest BCUT2D eigenvalue weighted by molar-refractivity contribution is 5.54. The number of aryl methyl sites for hydroxylation is 1. The van der Waals surface area contributed by atoms with Crippen LogP contribution in [-0.4, -0.2) is 34.8 Å². The number of hydrogen-bond acceptors (Lipinski definition) is 6. The van der Waals surface area contributed by atoms with Crippen molar-refractivity contribution in [3.8, 4) is 11.4 Å². The molecular weight excluding hydrogens is 311 g/mol. The van der Waals surface area contributed by atoms with Crippen molar-refractivity contribution in [3.63, 3.8) is 0 Å². The van der Waals surface area contributed by atoms with Crippen molar-refractivity contribution in [1.29, 1.82) is 0 Å². The first kappa shape index (κ1) is 14.2. The molecule has 3 aromatic heterocycles. The van der Waals surface area contributed by atoms with E-state index in [1.807, 2.05) is 13.0 Å². The summed E-state index contributed by atoms with van der Waals surface area (Å²) in [5.41, 5.74) is 1.58. The van der Waals surface area contributed by atoms with E-state index in [0.29, 0.717) is 24.0 Å². The average molecular weight is 324 g/mol. The minimum atomic E-state index is -0.291. The van der Waals surface area contributed by atoms with Crippen molar-refractivity contribution in [2.24, 2.45) is 0 Å². The van der Waals surface area contributed by atoms with Gasteiger partial charge in [-0.15, -0.1) is 0 Å². The monoisotopic (exact) mass is 324 g/mol. The fourth-order valence-corrected chi connectivity index (χ4v) is 2.33. The van der Waals surface area contributed by atoms with Crippen LogP contribution in [0.15, 0.2) is 36.7 Å². The summed E-state index contributed by atoms with van der Waals surface area (Å²) in [6.07, 6.45) is 1.45. The van der Waals surface area contributed by atoms with Gasteiger partial charge in [-0.3, -0.25) is 5.10 Å². The van der Waals surface area contributed by atoms with E-state index in [-0.39, 0.29) is 5.82 Å². The van der Waals surface area contributed by atoms with Crippen LogP contribution in [0.25, 0.3) is 17.2 Å². The van der Waals surface area contributed by atoms with E-state index < -0.39 is 0 Å². The number of aromatic nitrogens is 7. The Balaban J connectivity index is 1.54. The Morgan fingerprint density at radius 1 is 1.21 bits per heavy atom. The molecule has 120 valence electrons. The van der Waals surface area contributed by atoms with Crippen LogP contribution in [0.1, 0.15) is 11.5 Å². The van der Waals surface area contributed by atoms with Gasteiger partial charge in [0.2, 0.25) is 0 Å². The van der Waals surface area contributed by atoms with Crippen molar-refractivity contribution in [2.75, 3.05) is 5.32 Å². The standard InChI is InChI=1S/C15H13FN8/c1-9-6-13(24-15(20-9)18-8-19-24)17-7-12-21-14(23-22-12)10-2-4-11(16)5-3-10/h2-6,8,17H,7H2,1H3,(H,21,22,23). The van der Waals surface area contributed by atoms with Gasteiger partial charge in [0, 0.05) is 17.3 Å². The van der Waals surface area contributed by atoms with Gasteiger partial charge < -0.3 is 5.32 Å². The lowest BCUT2D eigenvalue weighted by Crippen LogP contribution is -2.07. The van der Waals surface area contributed by atoms with Gasteiger partial charge in [0.1, 0.15) is 23.8 Å². The number of hydrogen-bond donors (Lipinski definition) is 2. The number of benzene rings is 1. The van der Waals surface area contributed by atoms with Crippen LogP contribution in [0.3, 0.4) is 0 Å². The Bertz CT molecular complexity index is 988. The second-order valence-corrected chi connectivity index (χ2v) is 5.22. The van der Waals surface area contributed by atoms with E-state index in [9.17, 15) is 4.39 Å². The third kappa shape index (κ3) is 2.67. The molecule has 9 heteroatoms. The molecule has 0 saturated heterocycles. The first-order valence-corrected chi connectivity index (χ1v) is 7.27. The quantitative estimate of drug-likeness (QED) is 0.596. The number of aromatic amines is 1. The number of H-pyrrole nitrogens is 1. The molecule has 0 amide bonds. The molecule has 24 heavy (non-hydrogen) atoms. The Kier molecular flexibility index (Phi) is 3.38. The van der Waals surface area contributed by atoms with Gasteiger partial charge in [-0.1, -0.05) is 0 Å². The second-order valence-electron chi connectivity index (χ2n) is 5.22. The number of anilines is 1. The van der Waals surface area contributed by atoms with Crippen LogP contribution in [0.5, 0.6) is 0 Å². The van der Waals surface area contributed by atoms with Crippen LogP contribution in [-0.2, 0) is 6.54 Å². The molecule has 1 aromatic carbocycles. The molecule has 3 heterocycles. The summed E-state index contributed by atoms with van der Waals surface area (Å²) >= 11 is 0. The Hall–Kier alpha value is -3.36. The third-order valence-corrected chi connectivity index (χ3v) is 3.45. The lowest BCUT2D eigenvalue weighted by molar-refractivity contribution is 0.628. The Morgan fingerprint density at radius 3 is 2.88 bits per heavy atom. The largest absolute Gasteiger partial charge is 0.363 e. The van der Waals surface area contributed by atoms with E-state index in [1.54, 1.807) is 16.6 Å². The summed E-state index contributed by atoms with van der Waals surface area (Å²) in [7, 11) is 0. The first-order valence-electron chi connectivity index (χ1n) is 7.27. The molecule has 0 spiro atoms. The molecule has 2 N–H and O–H groups in total. The van der Waals surface area contributed by atoms with Gasteiger partial charge in [-0.2, -0.15) is 19.7 Å². The molecule has 0 atom stereocenters. The topological polar surface area (TPSA) is 96.7 Å². The minimum Gasteiger partial charge on any atom is -0.363 e. The highest BCUT2D eigenvalue weighted by Gasteiger charge is 2.08. The molecule has 0 aliphatic rings. The minimum absolute atomic E-state index is 0.291. The van der Waals surface area contributed by atoms with Crippen LogP contribution in [0.4, 0.5) is 10.2 Å². The second kappa shape index (κ2) is 5.69. The fourth-order valence-electron chi connectivity index (χ4n) is 2.33. The molecule has 4 aromatic rings. The van der Waals surface area contributed by atoms with Crippen LogP contribution in [0.2, 0.25) is 0 Å². The zero-order valence-electron chi connectivity index (χ0n) is 12.7. The number of halogens is 1. The summed E-state index contributed by atoms with van der Waals surface area (Å²) in [5.74, 6) is 2.17. The number of rotatable bonds is 4. The normalized spacial score (nSPS) is 11.1. The van der Waals surface area contributed by atoms with E-state index in [1.165, 1.54) is 18.5 Å². The summed E-state index contributed by atoms with van der Waals surface area (Å²) in [4.78, 5) is 12.8. The van der Waals surface area contributed by atoms with E-state index in [2.05, 4.69) is 35.6 Å². The highest BCUT2D eigenvalue weighted by Crippen LogP contribution is 2.16. The average Bonchev–Trinajstić information content (AvgIpc) is 3.22. The maximum atomic E-state index is 13.0. The van der Waals surface area contributed by atoms with Gasteiger partial charge in [0.15, 0.2) is 5.82 Å². The molecular formula is C15H13FN8. The van der Waals surface area contributed by atoms with Crippen molar-refractivity contribution in [3.05, 3.63) is 54.0 Å². The number of fused-ring (bicyclic) bond motifs is 1. The molecule has 0 aliphatic carbocycles. The van der Waals surface area contributed by atoms with E-state index in [4.69, 9.17) is 0 Å². The number of nitrogens with zero attached hydrogens (tertiary/aromatic N) is 6. The van der Waals surface area contributed by atoms with Crippen LogP contribution in [0, 0.1) is 12.7 Å². The lowest BCUT2D eigenvalue weighted by Gasteiger charge is -2.06. The SMILES string of the molecule is Cc1cc(NCc2nc(-c3ccc(F)cc3)n[nH]2)n2ncnc2n1. The summed E-state index contributed by atoms with van der Waals surface area (Å²) in [6, 6.07) is 7.91. The highest BCUT2D eigenvalue weighted by atomic mass is 19.1. The van der Waals surface area contributed by atoms with Gasteiger partial charge in [0.05, 0.1) is 6.54 Å². The third-order valence-electron chi connectivity index (χ3n) is 3.45. The molecule has 0 radical (unpaired) electrons. The Labute approximate surface area is 135 Å². The smallest absolute Gasteiger partial charge is 0.254 e. The maximum Gasteiger partial charge on any atom is 0.254 e. The maximum absolute atomic E-state index is 13.0.